The first-order chi connectivity index (χ1) is 9.33. The van der Waals surface area contributed by atoms with E-state index in [2.05, 4.69) is 4.98 Å². The molecule has 1 amide bonds. The van der Waals surface area contributed by atoms with E-state index < -0.39 is 18.6 Å². The molecule has 0 fully saturated rings. The number of aromatic nitrogens is 1. The molecule has 1 rings (SSSR count). The first kappa shape index (κ1) is 16.4. The van der Waals surface area contributed by atoms with E-state index in [1.165, 1.54) is 12.3 Å². The van der Waals surface area contributed by atoms with Crippen LogP contribution < -0.4 is 5.73 Å². The molecule has 1 aromatic heterocycles. The summed E-state index contributed by atoms with van der Waals surface area (Å²) in [6.07, 6.45) is -2.75. The summed E-state index contributed by atoms with van der Waals surface area (Å²) in [5.41, 5.74) is 5.78. The maximum atomic E-state index is 12.5. The van der Waals surface area contributed by atoms with Gasteiger partial charge in [0.2, 0.25) is 0 Å². The fourth-order valence-electron chi connectivity index (χ4n) is 1.68. The first-order valence-corrected chi connectivity index (χ1v) is 6.21. The third-order valence-electron chi connectivity index (χ3n) is 2.51. The molecule has 114 valence electrons. The molecule has 3 N–H and O–H groups in total. The Balaban J connectivity index is 2.68. The average molecular weight is 293 g/mol. The van der Waals surface area contributed by atoms with Gasteiger partial charge in [-0.2, -0.15) is 13.2 Å². The lowest BCUT2D eigenvalue weighted by atomic mass is 10.3. The van der Waals surface area contributed by atoms with Crippen molar-refractivity contribution >= 4 is 11.6 Å². The van der Waals surface area contributed by atoms with Crippen molar-refractivity contribution in [2.75, 3.05) is 32.0 Å². The van der Waals surface area contributed by atoms with Crippen LogP contribution in [0.15, 0.2) is 12.3 Å². The minimum Gasteiger partial charge on any atom is -0.397 e. The smallest absolute Gasteiger partial charge is 0.397 e. The van der Waals surface area contributed by atoms with E-state index in [1.54, 1.807) is 6.92 Å². The van der Waals surface area contributed by atoms with Crippen LogP contribution in [0.4, 0.5) is 18.9 Å². The lowest BCUT2D eigenvalue weighted by Crippen LogP contribution is -2.40. The molecule has 0 saturated heterocycles. The van der Waals surface area contributed by atoms with Crippen molar-refractivity contribution in [3.05, 3.63) is 18.0 Å². The molecular formula is C12H18F3N3O2. The third-order valence-corrected chi connectivity index (χ3v) is 2.51. The van der Waals surface area contributed by atoms with Gasteiger partial charge >= 0.3 is 6.18 Å². The zero-order valence-corrected chi connectivity index (χ0v) is 11.2. The Hall–Kier alpha value is -1.70. The van der Waals surface area contributed by atoms with Crippen molar-refractivity contribution in [2.45, 2.75) is 19.5 Å². The Morgan fingerprint density at radius 3 is 2.70 bits per heavy atom. The Kier molecular flexibility index (Phi) is 5.87. The van der Waals surface area contributed by atoms with Crippen LogP contribution in [0.25, 0.3) is 0 Å². The molecule has 20 heavy (non-hydrogen) atoms. The predicted molar refractivity (Wildman–Crippen MR) is 68.3 cm³/mol. The van der Waals surface area contributed by atoms with E-state index in [1.807, 2.05) is 0 Å². The number of carbonyl (C=O) groups excluding carboxylic acids is 1. The minimum atomic E-state index is -4.45. The van der Waals surface area contributed by atoms with Gasteiger partial charge in [0.25, 0.3) is 5.91 Å². The summed E-state index contributed by atoms with van der Waals surface area (Å²) in [5, 5.41) is 0. The fourth-order valence-corrected chi connectivity index (χ4v) is 1.68. The molecule has 0 bridgehead atoms. The summed E-state index contributed by atoms with van der Waals surface area (Å²) in [6.45, 7) is 1.26. The van der Waals surface area contributed by atoms with Gasteiger partial charge in [-0.15, -0.1) is 0 Å². The summed E-state index contributed by atoms with van der Waals surface area (Å²) in [5.74, 6) is -0.726. The summed E-state index contributed by atoms with van der Waals surface area (Å²) < 4.78 is 42.6. The lowest BCUT2D eigenvalue weighted by molar-refractivity contribution is -0.141. The van der Waals surface area contributed by atoms with E-state index >= 15 is 0 Å². The highest BCUT2D eigenvalue weighted by atomic mass is 19.4. The number of nitrogens with two attached hydrogens (primary N) is 1. The topological polar surface area (TPSA) is 71.3 Å². The van der Waals surface area contributed by atoms with Crippen LogP contribution in [0.2, 0.25) is 0 Å². The zero-order valence-electron chi connectivity index (χ0n) is 11.2. The highest BCUT2D eigenvalue weighted by Gasteiger charge is 2.33. The van der Waals surface area contributed by atoms with Crippen molar-refractivity contribution < 1.29 is 22.7 Å². The van der Waals surface area contributed by atoms with Gasteiger partial charge in [-0.3, -0.25) is 4.79 Å². The van der Waals surface area contributed by atoms with Gasteiger partial charge < -0.3 is 20.4 Å². The van der Waals surface area contributed by atoms with Gasteiger partial charge in [-0.25, -0.2) is 0 Å². The molecule has 0 spiro atoms. The minimum absolute atomic E-state index is 0.0305. The molecule has 0 unspecified atom stereocenters. The first-order valence-electron chi connectivity index (χ1n) is 6.21. The van der Waals surface area contributed by atoms with Crippen molar-refractivity contribution in [2.24, 2.45) is 0 Å². The average Bonchev–Trinajstić information content (AvgIpc) is 2.77. The number of hydrogen-bond acceptors (Lipinski definition) is 3. The molecule has 5 nitrogen and oxygen atoms in total. The molecule has 0 aliphatic carbocycles. The number of amides is 1. The normalized spacial score (nSPS) is 11.6. The number of anilines is 1. The van der Waals surface area contributed by atoms with Gasteiger partial charge in [0, 0.05) is 31.6 Å². The summed E-state index contributed by atoms with van der Waals surface area (Å²) in [6, 6.07) is 1.31. The lowest BCUT2D eigenvalue weighted by Gasteiger charge is -2.23. The molecular weight excluding hydrogens is 275 g/mol. The van der Waals surface area contributed by atoms with E-state index in [4.69, 9.17) is 10.5 Å². The Labute approximate surface area is 114 Å². The molecule has 0 aromatic carbocycles. The highest BCUT2D eigenvalue weighted by Crippen LogP contribution is 2.18. The van der Waals surface area contributed by atoms with Crippen LogP contribution in [-0.2, 0) is 4.74 Å². The van der Waals surface area contributed by atoms with Crippen LogP contribution in [0, 0.1) is 0 Å². The number of H-pyrrole nitrogens is 1. The number of nitrogens with zero attached hydrogens (tertiary/aromatic N) is 1. The number of halogens is 3. The van der Waals surface area contributed by atoms with E-state index in [0.29, 0.717) is 25.3 Å². The summed E-state index contributed by atoms with van der Waals surface area (Å²) in [4.78, 5) is 15.3. The predicted octanol–water partition coefficient (Wildman–Crippen LogP) is 2.03. The van der Waals surface area contributed by atoms with E-state index in [0.717, 1.165) is 4.90 Å². The SMILES string of the molecule is CCOCCCN(CC(F)(F)F)C(=O)c1cc(N)c[nH]1. The second-order valence-electron chi connectivity index (χ2n) is 4.24. The number of hydrogen-bond donors (Lipinski definition) is 2. The van der Waals surface area contributed by atoms with Gasteiger partial charge in [0.05, 0.1) is 0 Å². The van der Waals surface area contributed by atoms with Crippen LogP contribution in [0.5, 0.6) is 0 Å². The van der Waals surface area contributed by atoms with Gasteiger partial charge in [0.15, 0.2) is 0 Å². The zero-order chi connectivity index (χ0) is 15.2. The second-order valence-corrected chi connectivity index (χ2v) is 4.24. The van der Waals surface area contributed by atoms with Crippen molar-refractivity contribution in [3.63, 3.8) is 0 Å². The van der Waals surface area contributed by atoms with Gasteiger partial charge in [-0.1, -0.05) is 0 Å². The van der Waals surface area contributed by atoms with Crippen LogP contribution >= 0.6 is 0 Å². The molecule has 0 atom stereocenters. The molecule has 0 radical (unpaired) electrons. The van der Waals surface area contributed by atoms with Crippen LogP contribution in [0.1, 0.15) is 23.8 Å². The van der Waals surface area contributed by atoms with E-state index in [9.17, 15) is 18.0 Å². The maximum absolute atomic E-state index is 12.5. The second kappa shape index (κ2) is 7.18. The molecule has 1 heterocycles. The van der Waals surface area contributed by atoms with Crippen molar-refractivity contribution in [1.29, 1.82) is 0 Å². The standard InChI is InChI=1S/C12H18F3N3O2/c1-2-20-5-3-4-18(8-12(13,14)15)11(19)10-6-9(16)7-17-10/h6-7,17H,2-5,8,16H2,1H3. The Morgan fingerprint density at radius 1 is 1.50 bits per heavy atom. The van der Waals surface area contributed by atoms with E-state index in [-0.39, 0.29) is 12.2 Å². The monoisotopic (exact) mass is 293 g/mol. The van der Waals surface area contributed by atoms with Gasteiger partial charge in [-0.05, 0) is 19.4 Å². The molecule has 0 aliphatic rings. The van der Waals surface area contributed by atoms with Gasteiger partial charge in [0.1, 0.15) is 12.2 Å². The Morgan fingerprint density at radius 2 is 2.20 bits per heavy atom. The van der Waals surface area contributed by atoms with Crippen LogP contribution in [0.3, 0.4) is 0 Å². The summed E-state index contributed by atoms with van der Waals surface area (Å²) >= 11 is 0. The number of ether oxygens (including phenoxy) is 1. The fraction of sp³-hybridized carbons (Fsp3) is 0.583. The molecule has 8 heteroatoms. The number of nitrogen functional groups attached to an aromatic ring is 1. The van der Waals surface area contributed by atoms with Crippen LogP contribution in [-0.4, -0.2) is 48.3 Å². The molecule has 1 aromatic rings. The largest absolute Gasteiger partial charge is 0.406 e. The number of aromatic amines is 1. The number of alkyl halides is 3. The van der Waals surface area contributed by atoms with Crippen molar-refractivity contribution in [1.82, 2.24) is 9.88 Å². The third kappa shape index (κ3) is 5.52. The number of rotatable bonds is 7. The maximum Gasteiger partial charge on any atom is 0.406 e. The number of nitrogens with one attached hydrogen (secondary N) is 1. The summed E-state index contributed by atoms with van der Waals surface area (Å²) in [7, 11) is 0. The number of carbonyl (C=O) groups is 1. The molecule has 0 saturated carbocycles. The highest BCUT2D eigenvalue weighted by molar-refractivity contribution is 5.93. The van der Waals surface area contributed by atoms with Crippen molar-refractivity contribution in [3.8, 4) is 0 Å². The Bertz CT molecular complexity index is 432. The molecule has 0 aliphatic heterocycles. The quantitative estimate of drug-likeness (QED) is 0.756.